The molecular formula is C32H42O4. The highest BCUT2D eigenvalue weighted by molar-refractivity contribution is 5.90. The molecule has 3 rings (SSSR count). The van der Waals surface area contributed by atoms with E-state index in [0.717, 1.165) is 53.7 Å². The third kappa shape index (κ3) is 8.89. The molecule has 194 valence electrons. The fourth-order valence-corrected chi connectivity index (χ4v) is 4.23. The molecule has 3 aromatic carbocycles. The van der Waals surface area contributed by atoms with Gasteiger partial charge in [0, 0.05) is 5.39 Å². The van der Waals surface area contributed by atoms with Crippen molar-refractivity contribution in [1.82, 2.24) is 0 Å². The molecule has 0 unspecified atom stereocenters. The second-order valence-electron chi connectivity index (χ2n) is 9.60. The lowest BCUT2D eigenvalue weighted by Crippen LogP contribution is -2.15. The van der Waals surface area contributed by atoms with Gasteiger partial charge in [0.2, 0.25) is 0 Å². The number of hydrogen-bond donors (Lipinski definition) is 0. The Bertz CT molecular complexity index is 1060. The fraction of sp³-hybridized carbons (Fsp3) is 0.469. The van der Waals surface area contributed by atoms with Crippen molar-refractivity contribution in [3.63, 3.8) is 0 Å². The zero-order valence-corrected chi connectivity index (χ0v) is 22.3. The minimum absolute atomic E-state index is 0.0595. The van der Waals surface area contributed by atoms with E-state index < -0.39 is 0 Å². The Morgan fingerprint density at radius 2 is 1.56 bits per heavy atom. The highest BCUT2D eigenvalue weighted by Crippen LogP contribution is 2.29. The Morgan fingerprint density at radius 3 is 2.31 bits per heavy atom. The SMILES string of the molecule is CCCCCCOc1ccc2c(OCc3ccc(C(=O)O[C@H](C)CCCCCC)cc3)cccc2c1. The van der Waals surface area contributed by atoms with Gasteiger partial charge in [-0.05, 0) is 73.5 Å². The van der Waals surface area contributed by atoms with Gasteiger partial charge in [0.05, 0.1) is 18.3 Å². The molecule has 0 aliphatic carbocycles. The molecule has 3 aromatic rings. The molecule has 0 saturated carbocycles. The summed E-state index contributed by atoms with van der Waals surface area (Å²) in [6, 6.07) is 19.7. The van der Waals surface area contributed by atoms with Crippen molar-refractivity contribution in [2.24, 2.45) is 0 Å². The summed E-state index contributed by atoms with van der Waals surface area (Å²) >= 11 is 0. The van der Waals surface area contributed by atoms with Gasteiger partial charge >= 0.3 is 5.97 Å². The Balaban J connectivity index is 1.51. The smallest absolute Gasteiger partial charge is 0.338 e. The van der Waals surface area contributed by atoms with Gasteiger partial charge in [0.15, 0.2) is 0 Å². The van der Waals surface area contributed by atoms with Crippen LogP contribution >= 0.6 is 0 Å². The van der Waals surface area contributed by atoms with Crippen LogP contribution in [0.1, 0.15) is 94.5 Å². The summed E-state index contributed by atoms with van der Waals surface area (Å²) in [7, 11) is 0. The lowest BCUT2D eigenvalue weighted by Gasteiger charge is -2.14. The van der Waals surface area contributed by atoms with Crippen molar-refractivity contribution in [2.75, 3.05) is 6.61 Å². The van der Waals surface area contributed by atoms with Crippen LogP contribution in [0.2, 0.25) is 0 Å². The molecule has 1 atom stereocenters. The molecule has 0 saturated heterocycles. The second kappa shape index (κ2) is 15.2. The van der Waals surface area contributed by atoms with Crippen molar-refractivity contribution >= 4 is 16.7 Å². The van der Waals surface area contributed by atoms with Gasteiger partial charge in [-0.25, -0.2) is 4.79 Å². The maximum Gasteiger partial charge on any atom is 0.338 e. The summed E-state index contributed by atoms with van der Waals surface area (Å²) < 4.78 is 17.7. The van der Waals surface area contributed by atoms with E-state index in [1.54, 1.807) is 0 Å². The second-order valence-corrected chi connectivity index (χ2v) is 9.60. The largest absolute Gasteiger partial charge is 0.494 e. The van der Waals surface area contributed by atoms with Crippen LogP contribution < -0.4 is 9.47 Å². The summed E-state index contributed by atoms with van der Waals surface area (Å²) in [5.74, 6) is 1.47. The van der Waals surface area contributed by atoms with E-state index in [1.165, 1.54) is 38.5 Å². The van der Waals surface area contributed by atoms with E-state index in [1.807, 2.05) is 49.4 Å². The van der Waals surface area contributed by atoms with Gasteiger partial charge in [-0.1, -0.05) is 76.6 Å². The van der Waals surface area contributed by atoms with Crippen LogP contribution in [0.4, 0.5) is 0 Å². The first kappa shape index (κ1) is 27.6. The maximum absolute atomic E-state index is 12.5. The zero-order valence-electron chi connectivity index (χ0n) is 22.3. The lowest BCUT2D eigenvalue weighted by atomic mass is 10.1. The topological polar surface area (TPSA) is 44.8 Å². The van der Waals surface area contributed by atoms with E-state index in [9.17, 15) is 4.79 Å². The number of fused-ring (bicyclic) bond motifs is 1. The first-order valence-corrected chi connectivity index (χ1v) is 13.7. The summed E-state index contributed by atoms with van der Waals surface area (Å²) in [6.45, 7) is 7.56. The molecule has 0 radical (unpaired) electrons. The number of carbonyl (C=O) groups is 1. The monoisotopic (exact) mass is 490 g/mol. The van der Waals surface area contributed by atoms with Crippen molar-refractivity contribution in [2.45, 2.75) is 91.3 Å². The molecule has 0 aliphatic rings. The Kier molecular flexibility index (Phi) is 11.6. The molecule has 0 heterocycles. The van der Waals surface area contributed by atoms with Crippen LogP contribution in [-0.2, 0) is 11.3 Å². The molecule has 0 spiro atoms. The maximum atomic E-state index is 12.5. The Labute approximate surface area is 217 Å². The van der Waals surface area contributed by atoms with Gasteiger partial charge in [0.1, 0.15) is 18.1 Å². The number of ether oxygens (including phenoxy) is 3. The van der Waals surface area contributed by atoms with Gasteiger partial charge in [-0.15, -0.1) is 0 Å². The molecular weight excluding hydrogens is 448 g/mol. The minimum Gasteiger partial charge on any atom is -0.494 e. The van der Waals surface area contributed by atoms with Gasteiger partial charge in [-0.3, -0.25) is 0 Å². The number of benzene rings is 3. The third-order valence-electron chi connectivity index (χ3n) is 6.43. The van der Waals surface area contributed by atoms with Gasteiger partial charge in [0.25, 0.3) is 0 Å². The first-order chi connectivity index (χ1) is 17.6. The fourth-order valence-electron chi connectivity index (χ4n) is 4.23. The highest BCUT2D eigenvalue weighted by Gasteiger charge is 2.12. The molecule has 0 aliphatic heterocycles. The van der Waals surface area contributed by atoms with Crippen LogP contribution in [0.15, 0.2) is 60.7 Å². The van der Waals surface area contributed by atoms with Crippen molar-refractivity contribution in [3.05, 3.63) is 71.8 Å². The average molecular weight is 491 g/mol. The summed E-state index contributed by atoms with van der Waals surface area (Å²) in [5, 5.41) is 2.16. The van der Waals surface area contributed by atoms with Crippen LogP contribution in [0.25, 0.3) is 10.8 Å². The normalized spacial score (nSPS) is 11.9. The highest BCUT2D eigenvalue weighted by atomic mass is 16.5. The summed E-state index contributed by atoms with van der Waals surface area (Å²) in [4.78, 5) is 12.5. The van der Waals surface area contributed by atoms with Crippen LogP contribution in [0.5, 0.6) is 11.5 Å². The van der Waals surface area contributed by atoms with E-state index in [0.29, 0.717) is 12.2 Å². The van der Waals surface area contributed by atoms with Crippen molar-refractivity contribution in [3.8, 4) is 11.5 Å². The number of rotatable bonds is 16. The molecule has 4 nitrogen and oxygen atoms in total. The molecule has 0 amide bonds. The number of hydrogen-bond acceptors (Lipinski definition) is 4. The quantitative estimate of drug-likeness (QED) is 0.148. The van der Waals surface area contributed by atoms with E-state index in [2.05, 4.69) is 32.0 Å². The number of unbranched alkanes of at least 4 members (excludes halogenated alkanes) is 6. The zero-order chi connectivity index (χ0) is 25.6. The van der Waals surface area contributed by atoms with Gasteiger partial charge in [-0.2, -0.15) is 0 Å². The molecule has 4 heteroatoms. The van der Waals surface area contributed by atoms with E-state index >= 15 is 0 Å². The summed E-state index contributed by atoms with van der Waals surface area (Å²) in [5.41, 5.74) is 1.58. The minimum atomic E-state index is -0.261. The molecule has 0 bridgehead atoms. The number of esters is 1. The molecule has 0 fully saturated rings. The number of carbonyl (C=O) groups excluding carboxylic acids is 1. The lowest BCUT2D eigenvalue weighted by molar-refractivity contribution is 0.0319. The Hall–Kier alpha value is -3.01. The van der Waals surface area contributed by atoms with Crippen molar-refractivity contribution < 1.29 is 19.0 Å². The van der Waals surface area contributed by atoms with E-state index in [4.69, 9.17) is 14.2 Å². The molecule has 0 N–H and O–H groups in total. The van der Waals surface area contributed by atoms with Crippen LogP contribution in [0, 0.1) is 0 Å². The molecule has 36 heavy (non-hydrogen) atoms. The van der Waals surface area contributed by atoms with E-state index in [-0.39, 0.29) is 12.1 Å². The average Bonchev–Trinajstić information content (AvgIpc) is 2.90. The summed E-state index contributed by atoms with van der Waals surface area (Å²) in [6.07, 6.45) is 10.4. The van der Waals surface area contributed by atoms with Crippen LogP contribution in [0.3, 0.4) is 0 Å². The van der Waals surface area contributed by atoms with Gasteiger partial charge < -0.3 is 14.2 Å². The first-order valence-electron chi connectivity index (χ1n) is 13.7. The Morgan fingerprint density at radius 1 is 0.806 bits per heavy atom. The molecule has 0 aromatic heterocycles. The third-order valence-corrected chi connectivity index (χ3v) is 6.43. The standard InChI is InChI=1S/C32H42O4/c1-4-6-8-10-13-25(3)36-32(33)27-18-16-26(17-19-27)24-35-31-15-12-14-28-23-29(20-21-30(28)31)34-22-11-9-7-5-2/h12,14-21,23,25H,4-11,13,22,24H2,1-3H3/t25-/m1/s1. The van der Waals surface area contributed by atoms with Crippen molar-refractivity contribution in [1.29, 1.82) is 0 Å². The predicted molar refractivity (Wildman–Crippen MR) is 148 cm³/mol. The predicted octanol–water partition coefficient (Wildman–Crippen LogP) is 8.89. The van der Waals surface area contributed by atoms with Crippen LogP contribution in [-0.4, -0.2) is 18.7 Å².